The van der Waals surface area contributed by atoms with Crippen LogP contribution in [0.2, 0.25) is 0 Å². The van der Waals surface area contributed by atoms with Gasteiger partial charge in [0.05, 0.1) is 5.56 Å². The Bertz CT molecular complexity index is 566. The third kappa shape index (κ3) is 1.62. The molecule has 0 fully saturated rings. The van der Waals surface area contributed by atoms with E-state index in [4.69, 9.17) is 0 Å². The van der Waals surface area contributed by atoms with Crippen LogP contribution in [0.15, 0.2) is 24.4 Å². The summed E-state index contributed by atoms with van der Waals surface area (Å²) in [4.78, 5) is 15.5. The Hall–Kier alpha value is -1.97. The van der Waals surface area contributed by atoms with Crippen molar-refractivity contribution < 1.29 is 9.18 Å². The van der Waals surface area contributed by atoms with Crippen molar-refractivity contribution in [1.82, 2.24) is 10.3 Å². The summed E-state index contributed by atoms with van der Waals surface area (Å²) in [5.41, 5.74) is 1.44. The molecule has 2 rings (SSSR count). The van der Waals surface area contributed by atoms with Crippen LogP contribution in [-0.4, -0.2) is 17.9 Å². The predicted molar refractivity (Wildman–Crippen MR) is 59.8 cm³/mol. The Labute approximate surface area is 92.3 Å². The molecule has 0 aliphatic rings. The molecule has 0 radical (unpaired) electrons. The van der Waals surface area contributed by atoms with Crippen molar-refractivity contribution in [3.63, 3.8) is 0 Å². The number of aromatic nitrogens is 1. The number of amides is 1. The molecular formula is C12H11FN2O. The van der Waals surface area contributed by atoms with Crippen LogP contribution in [0.4, 0.5) is 4.39 Å². The van der Waals surface area contributed by atoms with Gasteiger partial charge in [0.1, 0.15) is 11.3 Å². The number of carbonyl (C=O) groups excluding carboxylic acids is 1. The van der Waals surface area contributed by atoms with Gasteiger partial charge in [-0.05, 0) is 30.7 Å². The molecule has 0 atom stereocenters. The predicted octanol–water partition coefficient (Wildman–Crippen LogP) is 2.04. The highest BCUT2D eigenvalue weighted by Gasteiger charge is 2.11. The van der Waals surface area contributed by atoms with E-state index in [1.807, 2.05) is 0 Å². The van der Waals surface area contributed by atoms with Crippen molar-refractivity contribution in [1.29, 1.82) is 0 Å². The minimum Gasteiger partial charge on any atom is -0.355 e. The van der Waals surface area contributed by atoms with Gasteiger partial charge >= 0.3 is 0 Å². The first kappa shape index (κ1) is 10.5. The first-order chi connectivity index (χ1) is 7.63. The molecule has 0 saturated carbocycles. The van der Waals surface area contributed by atoms with Crippen LogP contribution in [-0.2, 0) is 0 Å². The molecule has 1 aromatic heterocycles. The molecule has 0 bridgehead atoms. The molecule has 2 aromatic rings. The lowest BCUT2D eigenvalue weighted by Crippen LogP contribution is -2.18. The summed E-state index contributed by atoms with van der Waals surface area (Å²) < 4.78 is 13.6. The van der Waals surface area contributed by atoms with E-state index in [0.717, 1.165) is 5.56 Å². The van der Waals surface area contributed by atoms with Crippen LogP contribution in [0.1, 0.15) is 15.9 Å². The molecule has 0 spiro atoms. The molecule has 1 amide bonds. The lowest BCUT2D eigenvalue weighted by molar-refractivity contribution is 0.0964. The summed E-state index contributed by atoms with van der Waals surface area (Å²) >= 11 is 0. The van der Waals surface area contributed by atoms with E-state index in [9.17, 15) is 9.18 Å². The summed E-state index contributed by atoms with van der Waals surface area (Å²) in [6.07, 6.45) is 1.44. The lowest BCUT2D eigenvalue weighted by atomic mass is 10.1. The first-order valence-corrected chi connectivity index (χ1v) is 4.90. The van der Waals surface area contributed by atoms with Crippen LogP contribution in [0.5, 0.6) is 0 Å². The van der Waals surface area contributed by atoms with Gasteiger partial charge < -0.3 is 5.32 Å². The van der Waals surface area contributed by atoms with Gasteiger partial charge in [0.25, 0.3) is 5.91 Å². The van der Waals surface area contributed by atoms with Crippen LogP contribution >= 0.6 is 0 Å². The first-order valence-electron chi connectivity index (χ1n) is 4.90. The van der Waals surface area contributed by atoms with Gasteiger partial charge in [-0.25, -0.2) is 4.39 Å². The van der Waals surface area contributed by atoms with Crippen molar-refractivity contribution >= 4 is 16.8 Å². The summed E-state index contributed by atoms with van der Waals surface area (Å²) in [7, 11) is 1.54. The number of hydrogen-bond acceptors (Lipinski definition) is 2. The molecule has 0 saturated heterocycles. The van der Waals surface area contributed by atoms with E-state index in [1.165, 1.54) is 12.3 Å². The number of pyridine rings is 1. The zero-order valence-electron chi connectivity index (χ0n) is 9.04. The highest BCUT2D eigenvalue weighted by molar-refractivity contribution is 6.06. The Kier molecular flexibility index (Phi) is 2.56. The number of halogens is 1. The topological polar surface area (TPSA) is 42.0 Å². The van der Waals surface area contributed by atoms with Crippen molar-refractivity contribution in [3.8, 4) is 0 Å². The zero-order chi connectivity index (χ0) is 11.7. The summed E-state index contributed by atoms with van der Waals surface area (Å²) in [5.74, 6) is -0.641. The number of hydrogen-bond donors (Lipinski definition) is 1. The molecule has 0 unspecified atom stereocenters. The molecule has 3 nitrogen and oxygen atoms in total. The van der Waals surface area contributed by atoms with Gasteiger partial charge in [0, 0.05) is 18.6 Å². The van der Waals surface area contributed by atoms with Crippen molar-refractivity contribution in [3.05, 3.63) is 41.3 Å². The van der Waals surface area contributed by atoms with Gasteiger partial charge in [-0.1, -0.05) is 0 Å². The van der Waals surface area contributed by atoms with E-state index in [2.05, 4.69) is 10.3 Å². The summed E-state index contributed by atoms with van der Waals surface area (Å²) in [6, 6.07) is 4.75. The van der Waals surface area contributed by atoms with E-state index >= 15 is 0 Å². The number of benzene rings is 1. The number of rotatable bonds is 1. The quantitative estimate of drug-likeness (QED) is 0.795. The maximum atomic E-state index is 13.6. The van der Waals surface area contributed by atoms with Crippen molar-refractivity contribution in [2.45, 2.75) is 6.92 Å². The van der Waals surface area contributed by atoms with Crippen molar-refractivity contribution in [2.75, 3.05) is 7.05 Å². The van der Waals surface area contributed by atoms with E-state index in [0.29, 0.717) is 10.9 Å². The van der Waals surface area contributed by atoms with Crippen LogP contribution in [0, 0.1) is 12.7 Å². The van der Waals surface area contributed by atoms with E-state index < -0.39 is 5.82 Å². The summed E-state index contributed by atoms with van der Waals surface area (Å²) in [5, 5.41) is 3.06. The molecule has 82 valence electrons. The fraction of sp³-hybridized carbons (Fsp3) is 0.167. The largest absolute Gasteiger partial charge is 0.355 e. The fourth-order valence-electron chi connectivity index (χ4n) is 1.68. The molecule has 0 aliphatic carbocycles. The van der Waals surface area contributed by atoms with Gasteiger partial charge in [0.2, 0.25) is 0 Å². The Morgan fingerprint density at radius 2 is 2.19 bits per heavy atom. The molecule has 1 aromatic carbocycles. The Morgan fingerprint density at radius 1 is 1.44 bits per heavy atom. The average Bonchev–Trinajstić information content (AvgIpc) is 2.27. The standard InChI is InChI=1S/C12H11FN2O/c1-7-5-9-8(12(16)14-2)3-4-15-11(9)10(13)6-7/h3-6H,1-2H3,(H,14,16). The lowest BCUT2D eigenvalue weighted by Gasteiger charge is -2.06. The third-order valence-corrected chi connectivity index (χ3v) is 2.41. The van der Waals surface area contributed by atoms with Crippen LogP contribution in [0.3, 0.4) is 0 Å². The summed E-state index contributed by atoms with van der Waals surface area (Å²) in [6.45, 7) is 1.78. The highest BCUT2D eigenvalue weighted by Crippen LogP contribution is 2.21. The molecule has 0 aliphatic heterocycles. The maximum Gasteiger partial charge on any atom is 0.251 e. The van der Waals surface area contributed by atoms with E-state index in [1.54, 1.807) is 26.1 Å². The zero-order valence-corrected chi connectivity index (χ0v) is 9.04. The van der Waals surface area contributed by atoms with Gasteiger partial charge in [-0.2, -0.15) is 0 Å². The van der Waals surface area contributed by atoms with Crippen LogP contribution in [0.25, 0.3) is 10.9 Å². The van der Waals surface area contributed by atoms with E-state index in [-0.39, 0.29) is 11.4 Å². The SMILES string of the molecule is CNC(=O)c1ccnc2c(F)cc(C)cc12. The second kappa shape index (κ2) is 3.89. The van der Waals surface area contributed by atoms with Gasteiger partial charge in [-0.3, -0.25) is 9.78 Å². The van der Waals surface area contributed by atoms with Crippen LogP contribution < -0.4 is 5.32 Å². The maximum absolute atomic E-state index is 13.6. The average molecular weight is 218 g/mol. The van der Waals surface area contributed by atoms with Crippen molar-refractivity contribution in [2.24, 2.45) is 0 Å². The number of fused-ring (bicyclic) bond motifs is 1. The smallest absolute Gasteiger partial charge is 0.251 e. The molecule has 4 heteroatoms. The number of carbonyl (C=O) groups is 1. The fourth-order valence-corrected chi connectivity index (χ4v) is 1.68. The second-order valence-corrected chi connectivity index (χ2v) is 3.58. The minimum absolute atomic E-state index is 0.228. The molecule has 1 N–H and O–H groups in total. The minimum atomic E-state index is -0.402. The monoisotopic (exact) mass is 218 g/mol. The number of nitrogens with one attached hydrogen (secondary N) is 1. The number of nitrogens with zero attached hydrogens (tertiary/aromatic N) is 1. The molecule has 1 heterocycles. The second-order valence-electron chi connectivity index (χ2n) is 3.58. The Morgan fingerprint density at radius 3 is 2.88 bits per heavy atom. The highest BCUT2D eigenvalue weighted by atomic mass is 19.1. The Balaban J connectivity index is 2.81. The molecule has 16 heavy (non-hydrogen) atoms. The number of aryl methyl sites for hydroxylation is 1. The third-order valence-electron chi connectivity index (χ3n) is 2.41. The van der Waals surface area contributed by atoms with Gasteiger partial charge in [0.15, 0.2) is 0 Å². The molecular weight excluding hydrogens is 207 g/mol. The normalized spacial score (nSPS) is 10.4. The van der Waals surface area contributed by atoms with Gasteiger partial charge in [-0.15, -0.1) is 0 Å².